The van der Waals surface area contributed by atoms with Crippen molar-refractivity contribution in [3.63, 3.8) is 0 Å². The van der Waals surface area contributed by atoms with Crippen molar-refractivity contribution in [1.29, 1.82) is 0 Å². The fourth-order valence-corrected chi connectivity index (χ4v) is 3.00. The molecule has 1 saturated carbocycles. The van der Waals surface area contributed by atoms with Crippen molar-refractivity contribution in [3.05, 3.63) is 11.8 Å². The number of urea groups is 1. The first kappa shape index (κ1) is 16.3. The minimum absolute atomic E-state index is 0.157. The van der Waals surface area contributed by atoms with Gasteiger partial charge in [-0.15, -0.1) is 0 Å². The zero-order valence-corrected chi connectivity index (χ0v) is 13.9. The summed E-state index contributed by atoms with van der Waals surface area (Å²) in [4.78, 5) is 14.4. The van der Waals surface area contributed by atoms with Crippen molar-refractivity contribution < 1.29 is 9.53 Å². The third kappa shape index (κ3) is 4.45. The van der Waals surface area contributed by atoms with E-state index in [9.17, 15) is 4.79 Å². The Morgan fingerprint density at radius 3 is 2.87 bits per heavy atom. The van der Waals surface area contributed by atoms with Gasteiger partial charge in [-0.2, -0.15) is 5.10 Å². The largest absolute Gasteiger partial charge is 0.379 e. The van der Waals surface area contributed by atoms with Crippen LogP contribution < -0.4 is 10.6 Å². The Bertz CT molecular complexity index is 521. The minimum Gasteiger partial charge on any atom is -0.379 e. The lowest BCUT2D eigenvalue weighted by atomic mass is 9.83. The lowest BCUT2D eigenvalue weighted by molar-refractivity contribution is 0.0375. The summed E-state index contributed by atoms with van der Waals surface area (Å²) in [5.74, 6) is 1.34. The number of amides is 2. The fourth-order valence-electron chi connectivity index (χ4n) is 3.00. The molecule has 0 radical (unpaired) electrons. The third-order valence-corrected chi connectivity index (χ3v) is 4.70. The van der Waals surface area contributed by atoms with E-state index in [1.165, 1.54) is 19.3 Å². The van der Waals surface area contributed by atoms with Crippen molar-refractivity contribution in [2.24, 2.45) is 7.05 Å². The van der Waals surface area contributed by atoms with E-state index < -0.39 is 0 Å². The molecule has 1 aliphatic heterocycles. The zero-order valence-electron chi connectivity index (χ0n) is 13.9. The molecule has 7 nitrogen and oxygen atoms in total. The Morgan fingerprint density at radius 2 is 2.17 bits per heavy atom. The predicted molar refractivity (Wildman–Crippen MR) is 88.7 cm³/mol. The SMILES string of the molecule is Cn1nc(C2CCC2)cc1NC(=O)NCCCN1CCOCC1. The van der Waals surface area contributed by atoms with Crippen LogP contribution in [0.15, 0.2) is 6.07 Å². The first-order valence-corrected chi connectivity index (χ1v) is 8.61. The molecule has 0 unspecified atom stereocenters. The molecule has 3 rings (SSSR count). The number of nitrogens with one attached hydrogen (secondary N) is 2. The molecule has 1 saturated heterocycles. The first-order chi connectivity index (χ1) is 11.2. The molecular weight excluding hydrogens is 294 g/mol. The first-order valence-electron chi connectivity index (χ1n) is 8.61. The minimum atomic E-state index is -0.157. The summed E-state index contributed by atoms with van der Waals surface area (Å²) in [7, 11) is 1.87. The van der Waals surface area contributed by atoms with Gasteiger partial charge in [-0.25, -0.2) is 4.79 Å². The van der Waals surface area contributed by atoms with Gasteiger partial charge in [-0.05, 0) is 25.8 Å². The second kappa shape index (κ2) is 7.79. The maximum Gasteiger partial charge on any atom is 0.320 e. The average Bonchev–Trinajstić information content (AvgIpc) is 2.83. The van der Waals surface area contributed by atoms with Crippen LogP contribution in [-0.2, 0) is 11.8 Å². The Kier molecular flexibility index (Phi) is 5.51. The van der Waals surface area contributed by atoms with Gasteiger partial charge >= 0.3 is 6.03 Å². The molecule has 2 aliphatic rings. The van der Waals surface area contributed by atoms with Gasteiger partial charge in [-0.3, -0.25) is 14.9 Å². The van der Waals surface area contributed by atoms with Crippen molar-refractivity contribution in [2.45, 2.75) is 31.6 Å². The molecule has 1 aromatic rings. The van der Waals surface area contributed by atoms with Crippen LogP contribution >= 0.6 is 0 Å². The van der Waals surface area contributed by atoms with Gasteiger partial charge in [-0.1, -0.05) is 6.42 Å². The molecule has 2 amide bonds. The highest BCUT2D eigenvalue weighted by atomic mass is 16.5. The number of hydrogen-bond acceptors (Lipinski definition) is 4. The Morgan fingerprint density at radius 1 is 1.39 bits per heavy atom. The van der Waals surface area contributed by atoms with Crippen LogP contribution in [0.5, 0.6) is 0 Å². The summed E-state index contributed by atoms with van der Waals surface area (Å²) in [5, 5.41) is 10.3. The molecule has 2 fully saturated rings. The van der Waals surface area contributed by atoms with Crippen LogP contribution in [0.25, 0.3) is 0 Å². The predicted octanol–water partition coefficient (Wildman–Crippen LogP) is 1.53. The second-order valence-electron chi connectivity index (χ2n) is 6.39. The molecule has 1 aromatic heterocycles. The summed E-state index contributed by atoms with van der Waals surface area (Å²) in [5.41, 5.74) is 1.10. The highest BCUT2D eigenvalue weighted by Gasteiger charge is 2.23. The van der Waals surface area contributed by atoms with Crippen molar-refractivity contribution >= 4 is 11.8 Å². The van der Waals surface area contributed by atoms with Crippen molar-refractivity contribution in [3.8, 4) is 0 Å². The Hall–Kier alpha value is -1.60. The van der Waals surface area contributed by atoms with E-state index in [0.29, 0.717) is 12.5 Å². The molecule has 128 valence electrons. The van der Waals surface area contributed by atoms with E-state index in [2.05, 4.69) is 20.6 Å². The van der Waals surface area contributed by atoms with Crippen LogP contribution in [0.4, 0.5) is 10.6 Å². The van der Waals surface area contributed by atoms with Crippen LogP contribution in [0.1, 0.15) is 37.3 Å². The summed E-state index contributed by atoms with van der Waals surface area (Å²) in [6, 6.07) is 1.84. The third-order valence-electron chi connectivity index (χ3n) is 4.70. The van der Waals surface area contributed by atoms with E-state index in [0.717, 1.165) is 50.8 Å². The summed E-state index contributed by atoms with van der Waals surface area (Å²) in [6.07, 6.45) is 4.66. The number of ether oxygens (including phenoxy) is 1. The summed E-state index contributed by atoms with van der Waals surface area (Å²) in [6.45, 7) is 5.30. The molecular formula is C16H27N5O2. The van der Waals surface area contributed by atoms with Gasteiger partial charge in [0, 0.05) is 38.7 Å². The van der Waals surface area contributed by atoms with Gasteiger partial charge in [0.05, 0.1) is 18.9 Å². The lowest BCUT2D eigenvalue weighted by Crippen LogP contribution is -2.38. The second-order valence-corrected chi connectivity index (χ2v) is 6.39. The van der Waals surface area contributed by atoms with E-state index in [1.54, 1.807) is 4.68 Å². The standard InChI is InChI=1S/C16H27N5O2/c1-20-15(12-14(19-20)13-4-2-5-13)18-16(22)17-6-3-7-21-8-10-23-11-9-21/h12-13H,2-11H2,1H3,(H2,17,18,22). The number of aryl methyl sites for hydroxylation is 1. The number of aromatic nitrogens is 2. The highest BCUT2D eigenvalue weighted by Crippen LogP contribution is 2.36. The molecule has 0 atom stereocenters. The molecule has 23 heavy (non-hydrogen) atoms. The maximum absolute atomic E-state index is 12.0. The van der Waals surface area contributed by atoms with E-state index in [4.69, 9.17) is 4.74 Å². The molecule has 7 heteroatoms. The number of carbonyl (C=O) groups is 1. The van der Waals surface area contributed by atoms with E-state index in [1.807, 2.05) is 13.1 Å². The smallest absolute Gasteiger partial charge is 0.320 e. The number of anilines is 1. The van der Waals surface area contributed by atoms with Crippen molar-refractivity contribution in [2.75, 3.05) is 44.7 Å². The average molecular weight is 321 g/mol. The molecule has 2 N–H and O–H groups in total. The van der Waals surface area contributed by atoms with Gasteiger partial charge < -0.3 is 10.1 Å². The summed E-state index contributed by atoms with van der Waals surface area (Å²) < 4.78 is 7.07. The van der Waals surface area contributed by atoms with E-state index in [-0.39, 0.29) is 6.03 Å². The fraction of sp³-hybridized carbons (Fsp3) is 0.750. The van der Waals surface area contributed by atoms with Gasteiger partial charge in [0.1, 0.15) is 5.82 Å². The molecule has 1 aliphatic carbocycles. The van der Waals surface area contributed by atoms with Crippen molar-refractivity contribution in [1.82, 2.24) is 20.0 Å². The van der Waals surface area contributed by atoms with Gasteiger partial charge in [0.15, 0.2) is 0 Å². The monoisotopic (exact) mass is 321 g/mol. The highest BCUT2D eigenvalue weighted by molar-refractivity contribution is 5.88. The topological polar surface area (TPSA) is 71.4 Å². The molecule has 0 aromatic carbocycles. The van der Waals surface area contributed by atoms with Crippen LogP contribution in [0, 0.1) is 0 Å². The molecule has 0 bridgehead atoms. The van der Waals surface area contributed by atoms with Crippen LogP contribution in [0.2, 0.25) is 0 Å². The maximum atomic E-state index is 12.0. The Labute approximate surface area is 137 Å². The van der Waals surface area contributed by atoms with Crippen LogP contribution in [0.3, 0.4) is 0 Å². The number of morpholine rings is 1. The lowest BCUT2D eigenvalue weighted by Gasteiger charge is -2.26. The van der Waals surface area contributed by atoms with Gasteiger partial charge in [0.2, 0.25) is 0 Å². The molecule has 2 heterocycles. The number of carbonyl (C=O) groups excluding carboxylic acids is 1. The van der Waals surface area contributed by atoms with Gasteiger partial charge in [0.25, 0.3) is 0 Å². The number of nitrogens with zero attached hydrogens (tertiary/aromatic N) is 3. The van der Waals surface area contributed by atoms with E-state index >= 15 is 0 Å². The summed E-state index contributed by atoms with van der Waals surface area (Å²) >= 11 is 0. The number of rotatable bonds is 6. The zero-order chi connectivity index (χ0) is 16.1. The normalized spacial score (nSPS) is 19.3. The van der Waals surface area contributed by atoms with Crippen LogP contribution in [-0.4, -0.2) is 60.1 Å². The number of hydrogen-bond donors (Lipinski definition) is 2. The quantitative estimate of drug-likeness (QED) is 0.780. The Balaban J connectivity index is 1.36. The molecule has 0 spiro atoms.